The smallest absolute Gasteiger partial charge is 0.253 e. The molecule has 23 heavy (non-hydrogen) atoms. The minimum absolute atomic E-state index is 0.116. The predicted molar refractivity (Wildman–Crippen MR) is 88.2 cm³/mol. The molecule has 5 nitrogen and oxygen atoms in total. The molecular formula is C18H20N2O3. The van der Waals surface area contributed by atoms with Crippen molar-refractivity contribution in [1.82, 2.24) is 10.2 Å². The molecule has 2 aromatic rings. The van der Waals surface area contributed by atoms with E-state index in [1.807, 2.05) is 30.3 Å². The van der Waals surface area contributed by atoms with Crippen LogP contribution in [0.5, 0.6) is 0 Å². The SMILES string of the molecule is CN(C)C(=O)c1ccc(C(=O)NC(CO)c2ccccc2)cc1. The van der Waals surface area contributed by atoms with Crippen LogP contribution in [0.15, 0.2) is 54.6 Å². The summed E-state index contributed by atoms with van der Waals surface area (Å²) in [5.74, 6) is -0.411. The average molecular weight is 312 g/mol. The molecule has 0 aliphatic rings. The molecule has 1 atom stereocenters. The maximum atomic E-state index is 12.3. The van der Waals surface area contributed by atoms with Crippen molar-refractivity contribution in [1.29, 1.82) is 0 Å². The molecule has 1 unspecified atom stereocenters. The summed E-state index contributed by atoms with van der Waals surface area (Å²) in [7, 11) is 3.35. The molecule has 2 N–H and O–H groups in total. The topological polar surface area (TPSA) is 69.6 Å². The Morgan fingerprint density at radius 3 is 2.09 bits per heavy atom. The van der Waals surface area contributed by atoms with Gasteiger partial charge in [0.25, 0.3) is 11.8 Å². The van der Waals surface area contributed by atoms with Crippen LogP contribution in [-0.2, 0) is 0 Å². The summed E-state index contributed by atoms with van der Waals surface area (Å²) in [4.78, 5) is 25.6. The Bertz CT molecular complexity index is 666. The van der Waals surface area contributed by atoms with Gasteiger partial charge < -0.3 is 15.3 Å². The molecule has 0 aliphatic heterocycles. The number of hydrogen-bond donors (Lipinski definition) is 2. The summed E-state index contributed by atoms with van der Waals surface area (Å²) in [5.41, 5.74) is 1.80. The van der Waals surface area contributed by atoms with Gasteiger partial charge in [0.1, 0.15) is 0 Å². The number of amides is 2. The summed E-state index contributed by atoms with van der Waals surface area (Å²) >= 11 is 0. The standard InChI is InChI=1S/C18H20N2O3/c1-20(2)18(23)15-10-8-14(9-11-15)17(22)19-16(12-21)13-6-4-3-5-7-13/h3-11,16,21H,12H2,1-2H3,(H,19,22). The highest BCUT2D eigenvalue weighted by Gasteiger charge is 2.15. The molecule has 0 radical (unpaired) electrons. The highest BCUT2D eigenvalue weighted by molar-refractivity contribution is 5.97. The van der Waals surface area contributed by atoms with Gasteiger partial charge in [-0.15, -0.1) is 0 Å². The van der Waals surface area contributed by atoms with Crippen molar-refractivity contribution in [2.24, 2.45) is 0 Å². The molecule has 0 saturated carbocycles. The van der Waals surface area contributed by atoms with Crippen LogP contribution in [-0.4, -0.2) is 42.5 Å². The summed E-state index contributed by atoms with van der Waals surface area (Å²) in [6.45, 7) is -0.188. The summed E-state index contributed by atoms with van der Waals surface area (Å²) in [6.07, 6.45) is 0. The zero-order chi connectivity index (χ0) is 16.8. The minimum atomic E-state index is -0.466. The quantitative estimate of drug-likeness (QED) is 0.885. The van der Waals surface area contributed by atoms with Gasteiger partial charge in [-0.05, 0) is 29.8 Å². The molecule has 0 fully saturated rings. The highest BCUT2D eigenvalue weighted by atomic mass is 16.3. The molecule has 120 valence electrons. The number of nitrogens with one attached hydrogen (secondary N) is 1. The van der Waals surface area contributed by atoms with Gasteiger partial charge in [-0.1, -0.05) is 30.3 Å². The van der Waals surface area contributed by atoms with Gasteiger partial charge in [-0.3, -0.25) is 9.59 Å². The Morgan fingerprint density at radius 2 is 1.57 bits per heavy atom. The lowest BCUT2D eigenvalue weighted by atomic mass is 10.1. The van der Waals surface area contributed by atoms with E-state index in [1.54, 1.807) is 38.4 Å². The van der Waals surface area contributed by atoms with Gasteiger partial charge in [-0.25, -0.2) is 0 Å². The second-order valence-electron chi connectivity index (χ2n) is 5.40. The summed E-state index contributed by atoms with van der Waals surface area (Å²) in [6, 6.07) is 15.3. The fourth-order valence-corrected chi connectivity index (χ4v) is 2.18. The van der Waals surface area contributed by atoms with Crippen LogP contribution in [0.2, 0.25) is 0 Å². The van der Waals surface area contributed by atoms with Crippen LogP contribution in [0.4, 0.5) is 0 Å². The van der Waals surface area contributed by atoms with Crippen LogP contribution < -0.4 is 5.32 Å². The number of rotatable bonds is 5. The molecule has 2 aromatic carbocycles. The van der Waals surface area contributed by atoms with E-state index in [0.717, 1.165) is 5.56 Å². The molecular weight excluding hydrogens is 292 g/mol. The van der Waals surface area contributed by atoms with E-state index in [1.165, 1.54) is 4.90 Å². The Kier molecular flexibility index (Phi) is 5.49. The molecule has 2 amide bonds. The van der Waals surface area contributed by atoms with E-state index in [0.29, 0.717) is 11.1 Å². The van der Waals surface area contributed by atoms with Crippen LogP contribution in [0.25, 0.3) is 0 Å². The van der Waals surface area contributed by atoms with E-state index in [-0.39, 0.29) is 18.4 Å². The van der Waals surface area contributed by atoms with Crippen molar-refractivity contribution in [3.05, 3.63) is 71.3 Å². The number of aliphatic hydroxyl groups excluding tert-OH is 1. The van der Waals surface area contributed by atoms with Gasteiger partial charge in [-0.2, -0.15) is 0 Å². The molecule has 0 aromatic heterocycles. The van der Waals surface area contributed by atoms with E-state index in [2.05, 4.69) is 5.32 Å². The van der Waals surface area contributed by atoms with Gasteiger partial charge >= 0.3 is 0 Å². The van der Waals surface area contributed by atoms with Crippen molar-refractivity contribution in [3.63, 3.8) is 0 Å². The zero-order valence-corrected chi connectivity index (χ0v) is 13.2. The number of hydrogen-bond acceptors (Lipinski definition) is 3. The van der Waals surface area contributed by atoms with Gasteiger partial charge in [0, 0.05) is 25.2 Å². The molecule has 0 saturated heterocycles. The summed E-state index contributed by atoms with van der Waals surface area (Å²) < 4.78 is 0. The van der Waals surface area contributed by atoms with Crippen LogP contribution >= 0.6 is 0 Å². The maximum Gasteiger partial charge on any atom is 0.253 e. The summed E-state index contributed by atoms with van der Waals surface area (Å²) in [5, 5.41) is 12.3. The first-order valence-electron chi connectivity index (χ1n) is 7.31. The third-order valence-electron chi connectivity index (χ3n) is 3.49. The second kappa shape index (κ2) is 7.56. The van der Waals surface area contributed by atoms with Crippen molar-refractivity contribution < 1.29 is 14.7 Å². The molecule has 5 heteroatoms. The predicted octanol–water partition coefficient (Wildman–Crippen LogP) is 1.85. The lowest BCUT2D eigenvalue weighted by Crippen LogP contribution is -2.30. The Morgan fingerprint density at radius 1 is 1.00 bits per heavy atom. The Hall–Kier alpha value is -2.66. The average Bonchev–Trinajstić information content (AvgIpc) is 2.59. The van der Waals surface area contributed by atoms with Crippen LogP contribution in [0, 0.1) is 0 Å². The fraction of sp³-hybridized carbons (Fsp3) is 0.222. The third kappa shape index (κ3) is 4.17. The van der Waals surface area contributed by atoms with Crippen molar-refractivity contribution in [3.8, 4) is 0 Å². The van der Waals surface area contributed by atoms with Gasteiger partial charge in [0.15, 0.2) is 0 Å². The number of benzene rings is 2. The van der Waals surface area contributed by atoms with E-state index in [9.17, 15) is 14.7 Å². The largest absolute Gasteiger partial charge is 0.394 e. The zero-order valence-electron chi connectivity index (χ0n) is 13.2. The lowest BCUT2D eigenvalue weighted by molar-refractivity contribution is 0.0826. The van der Waals surface area contributed by atoms with Crippen molar-refractivity contribution in [2.45, 2.75) is 6.04 Å². The minimum Gasteiger partial charge on any atom is -0.394 e. The third-order valence-corrected chi connectivity index (χ3v) is 3.49. The second-order valence-corrected chi connectivity index (χ2v) is 5.40. The van der Waals surface area contributed by atoms with Gasteiger partial charge in [0.05, 0.1) is 12.6 Å². The van der Waals surface area contributed by atoms with Crippen LogP contribution in [0.3, 0.4) is 0 Å². The number of aliphatic hydroxyl groups is 1. The van der Waals surface area contributed by atoms with Crippen LogP contribution in [0.1, 0.15) is 32.3 Å². The van der Waals surface area contributed by atoms with Gasteiger partial charge in [0.2, 0.25) is 0 Å². The fourth-order valence-electron chi connectivity index (χ4n) is 2.18. The first-order chi connectivity index (χ1) is 11.0. The number of carbonyl (C=O) groups is 2. The number of nitrogens with zero attached hydrogens (tertiary/aromatic N) is 1. The van der Waals surface area contributed by atoms with Crippen molar-refractivity contribution in [2.75, 3.05) is 20.7 Å². The molecule has 0 heterocycles. The maximum absolute atomic E-state index is 12.3. The van der Waals surface area contributed by atoms with Crippen molar-refractivity contribution >= 4 is 11.8 Å². The molecule has 0 bridgehead atoms. The molecule has 0 aliphatic carbocycles. The van der Waals surface area contributed by atoms with E-state index in [4.69, 9.17) is 0 Å². The van der Waals surface area contributed by atoms with E-state index >= 15 is 0 Å². The highest BCUT2D eigenvalue weighted by Crippen LogP contribution is 2.13. The lowest BCUT2D eigenvalue weighted by Gasteiger charge is -2.17. The molecule has 2 rings (SSSR count). The van der Waals surface area contributed by atoms with E-state index < -0.39 is 6.04 Å². The first kappa shape index (κ1) is 16.7. The normalized spacial score (nSPS) is 11.6. The first-order valence-corrected chi connectivity index (χ1v) is 7.31. The Labute approximate surface area is 135 Å². The monoisotopic (exact) mass is 312 g/mol. The number of carbonyl (C=O) groups excluding carboxylic acids is 2. The molecule has 0 spiro atoms. The Balaban J connectivity index is 2.10.